The van der Waals surface area contributed by atoms with Gasteiger partial charge >= 0.3 is 5.97 Å². The zero-order valence-electron chi connectivity index (χ0n) is 10.1. The zero-order valence-corrected chi connectivity index (χ0v) is 10.1. The van der Waals surface area contributed by atoms with E-state index in [0.717, 1.165) is 25.9 Å². The third kappa shape index (κ3) is 3.49. The number of ether oxygens (including phenoxy) is 1. The fraction of sp³-hybridized carbons (Fsp3) is 0.909. The molecule has 1 fully saturated rings. The fourth-order valence-electron chi connectivity index (χ4n) is 2.30. The molecule has 0 aromatic carbocycles. The lowest BCUT2D eigenvalue weighted by atomic mass is 9.81. The van der Waals surface area contributed by atoms with Crippen molar-refractivity contribution < 1.29 is 14.6 Å². The van der Waals surface area contributed by atoms with Crippen molar-refractivity contribution in [2.45, 2.75) is 32.8 Å². The average Bonchev–Trinajstić information content (AvgIpc) is 2.21. The van der Waals surface area contributed by atoms with Crippen molar-refractivity contribution in [3.63, 3.8) is 0 Å². The Morgan fingerprint density at radius 3 is 2.56 bits per heavy atom. The molecular weight excluding hydrogens is 205 g/mol. The Kier molecular flexibility index (Phi) is 5.28. The summed E-state index contributed by atoms with van der Waals surface area (Å²) >= 11 is 0. The molecule has 4 nitrogen and oxygen atoms in total. The molecule has 1 saturated heterocycles. The Labute approximate surface area is 98.4 Å². The van der Waals surface area contributed by atoms with Crippen LogP contribution in [0.4, 0.5) is 0 Å². The molecule has 0 aliphatic carbocycles. The molecule has 0 spiro atoms. The number of piperidine rings is 1. The van der Waals surface area contributed by atoms with Crippen LogP contribution in [0, 0.1) is 11.8 Å². The van der Waals surface area contributed by atoms with Gasteiger partial charge in [0.25, 0.3) is 0 Å². The SMILES string of the molecule is [B]N1CCC(C(C(=O)OCC)C(C)O)CC1. The van der Waals surface area contributed by atoms with E-state index in [1.165, 1.54) is 0 Å². The molecule has 1 aliphatic rings. The lowest BCUT2D eigenvalue weighted by molar-refractivity contribution is -0.155. The minimum Gasteiger partial charge on any atom is -0.466 e. The molecule has 1 aliphatic heterocycles. The van der Waals surface area contributed by atoms with Crippen LogP contribution in [0.5, 0.6) is 0 Å². The average molecular weight is 225 g/mol. The fourth-order valence-corrected chi connectivity index (χ4v) is 2.30. The number of hydrogen-bond acceptors (Lipinski definition) is 4. The summed E-state index contributed by atoms with van der Waals surface area (Å²) in [5, 5.41) is 9.68. The third-order valence-corrected chi connectivity index (χ3v) is 3.16. The van der Waals surface area contributed by atoms with Crippen molar-refractivity contribution >= 4 is 14.0 Å². The molecule has 1 heterocycles. The van der Waals surface area contributed by atoms with Crippen LogP contribution in [0.25, 0.3) is 0 Å². The van der Waals surface area contributed by atoms with Crippen molar-refractivity contribution in [1.82, 2.24) is 4.81 Å². The second-order valence-corrected chi connectivity index (χ2v) is 4.39. The Hall–Kier alpha value is -0.545. The van der Waals surface area contributed by atoms with Crippen LogP contribution in [-0.2, 0) is 9.53 Å². The quantitative estimate of drug-likeness (QED) is 0.553. The Morgan fingerprint density at radius 1 is 1.56 bits per heavy atom. The maximum absolute atomic E-state index is 11.7. The summed E-state index contributed by atoms with van der Waals surface area (Å²) in [6.45, 7) is 5.33. The molecule has 5 heteroatoms. The molecule has 0 saturated carbocycles. The van der Waals surface area contributed by atoms with Crippen LogP contribution >= 0.6 is 0 Å². The van der Waals surface area contributed by atoms with E-state index in [2.05, 4.69) is 0 Å². The molecule has 90 valence electrons. The molecule has 2 radical (unpaired) electrons. The smallest absolute Gasteiger partial charge is 0.311 e. The van der Waals surface area contributed by atoms with E-state index in [1.54, 1.807) is 18.7 Å². The molecule has 0 aromatic heterocycles. The summed E-state index contributed by atoms with van der Waals surface area (Å²) in [4.78, 5) is 13.5. The number of esters is 1. The van der Waals surface area contributed by atoms with Crippen LogP contribution in [0.3, 0.4) is 0 Å². The molecule has 0 aromatic rings. The molecule has 2 unspecified atom stereocenters. The molecule has 0 amide bonds. The van der Waals surface area contributed by atoms with Crippen molar-refractivity contribution in [1.29, 1.82) is 0 Å². The van der Waals surface area contributed by atoms with Gasteiger partial charge in [-0.05, 0) is 45.7 Å². The number of nitrogens with zero attached hydrogens (tertiary/aromatic N) is 1. The van der Waals surface area contributed by atoms with E-state index in [0.29, 0.717) is 6.61 Å². The first-order chi connectivity index (χ1) is 7.56. The summed E-state index contributed by atoms with van der Waals surface area (Å²) in [5.74, 6) is -0.513. The maximum atomic E-state index is 11.7. The highest BCUT2D eigenvalue weighted by molar-refractivity contribution is 6.04. The van der Waals surface area contributed by atoms with Crippen molar-refractivity contribution in [2.24, 2.45) is 11.8 Å². The van der Waals surface area contributed by atoms with Crippen LogP contribution in [-0.4, -0.2) is 49.7 Å². The van der Waals surface area contributed by atoms with Gasteiger partial charge in [-0.2, -0.15) is 0 Å². The minimum atomic E-state index is -0.659. The second kappa shape index (κ2) is 6.25. The van der Waals surface area contributed by atoms with Gasteiger partial charge in [-0.1, -0.05) is 0 Å². The van der Waals surface area contributed by atoms with Gasteiger partial charge in [0, 0.05) is 0 Å². The van der Waals surface area contributed by atoms with Crippen molar-refractivity contribution in [2.75, 3.05) is 19.7 Å². The summed E-state index contributed by atoms with van der Waals surface area (Å²) in [6.07, 6.45) is 1.02. The highest BCUT2D eigenvalue weighted by Gasteiger charge is 2.34. The van der Waals surface area contributed by atoms with Crippen LogP contribution < -0.4 is 0 Å². The summed E-state index contributed by atoms with van der Waals surface area (Å²) in [7, 11) is 5.66. The van der Waals surface area contributed by atoms with Gasteiger partial charge in [0.05, 0.1) is 18.6 Å². The van der Waals surface area contributed by atoms with Crippen LogP contribution in [0.1, 0.15) is 26.7 Å². The van der Waals surface area contributed by atoms with E-state index < -0.39 is 12.0 Å². The minimum absolute atomic E-state index is 0.179. The molecule has 0 bridgehead atoms. The van der Waals surface area contributed by atoms with Gasteiger partial charge in [0.1, 0.15) is 0 Å². The van der Waals surface area contributed by atoms with Crippen molar-refractivity contribution in [3.8, 4) is 0 Å². The maximum Gasteiger partial charge on any atom is 0.311 e. The van der Waals surface area contributed by atoms with Gasteiger partial charge in [0.15, 0.2) is 7.98 Å². The standard InChI is InChI=1S/C11H20BNO3/c1-3-16-11(15)10(8(2)14)9-4-6-13(12)7-5-9/h8-10,14H,3-7H2,1-2H3. The van der Waals surface area contributed by atoms with Gasteiger partial charge < -0.3 is 14.7 Å². The van der Waals surface area contributed by atoms with Gasteiger partial charge in [-0.3, -0.25) is 4.79 Å². The van der Waals surface area contributed by atoms with E-state index in [9.17, 15) is 9.90 Å². The number of aliphatic hydroxyl groups excluding tert-OH is 1. The third-order valence-electron chi connectivity index (χ3n) is 3.16. The predicted octanol–water partition coefficient (Wildman–Crippen LogP) is 0.342. The normalized spacial score (nSPS) is 22.7. The number of hydrogen-bond donors (Lipinski definition) is 1. The van der Waals surface area contributed by atoms with E-state index in [-0.39, 0.29) is 11.9 Å². The first-order valence-corrected chi connectivity index (χ1v) is 5.90. The molecule has 1 N–H and O–H groups in total. The zero-order chi connectivity index (χ0) is 12.1. The largest absolute Gasteiger partial charge is 0.466 e. The summed E-state index contributed by atoms with van der Waals surface area (Å²) < 4.78 is 5.00. The predicted molar refractivity (Wildman–Crippen MR) is 61.9 cm³/mol. The van der Waals surface area contributed by atoms with Crippen molar-refractivity contribution in [3.05, 3.63) is 0 Å². The molecular formula is C11H20BNO3. The Morgan fingerprint density at radius 2 is 2.12 bits per heavy atom. The van der Waals surface area contributed by atoms with E-state index in [1.807, 2.05) is 0 Å². The highest BCUT2D eigenvalue weighted by atomic mass is 16.5. The monoisotopic (exact) mass is 225 g/mol. The molecule has 1 rings (SSSR count). The van der Waals surface area contributed by atoms with Gasteiger partial charge in [-0.15, -0.1) is 0 Å². The van der Waals surface area contributed by atoms with E-state index >= 15 is 0 Å². The molecule has 16 heavy (non-hydrogen) atoms. The Bertz CT molecular complexity index is 227. The number of aliphatic hydroxyl groups is 1. The molecule has 2 atom stereocenters. The topological polar surface area (TPSA) is 49.8 Å². The highest BCUT2D eigenvalue weighted by Crippen LogP contribution is 2.28. The van der Waals surface area contributed by atoms with E-state index in [4.69, 9.17) is 12.7 Å². The first kappa shape index (κ1) is 13.5. The van der Waals surface area contributed by atoms with Gasteiger partial charge in [-0.25, -0.2) is 0 Å². The first-order valence-electron chi connectivity index (χ1n) is 5.90. The Balaban J connectivity index is 2.59. The number of rotatable bonds is 4. The van der Waals surface area contributed by atoms with Gasteiger partial charge in [0.2, 0.25) is 0 Å². The lowest BCUT2D eigenvalue weighted by Gasteiger charge is -2.34. The van der Waals surface area contributed by atoms with Crippen LogP contribution in [0.2, 0.25) is 0 Å². The second-order valence-electron chi connectivity index (χ2n) is 4.39. The summed E-state index contributed by atoms with van der Waals surface area (Å²) in [6, 6.07) is 0. The summed E-state index contributed by atoms with van der Waals surface area (Å²) in [5.41, 5.74) is 0. The number of carbonyl (C=O) groups is 1. The van der Waals surface area contributed by atoms with Crippen LogP contribution in [0.15, 0.2) is 0 Å². The number of carbonyl (C=O) groups excluding carboxylic acids is 1. The lowest BCUT2D eigenvalue weighted by Crippen LogP contribution is -2.41.